The third kappa shape index (κ3) is 2.23. The van der Waals surface area contributed by atoms with Crippen LogP contribution in [0.1, 0.15) is 18.4 Å². The van der Waals surface area contributed by atoms with E-state index in [-0.39, 0.29) is 22.8 Å². The molecule has 3 rings (SSSR count). The number of amides is 1. The quantitative estimate of drug-likeness (QED) is 0.913. The van der Waals surface area contributed by atoms with Gasteiger partial charge in [0.05, 0.1) is 11.5 Å². The van der Waals surface area contributed by atoms with Crippen LogP contribution in [0.25, 0.3) is 0 Å². The van der Waals surface area contributed by atoms with E-state index < -0.39 is 5.97 Å². The Hall–Kier alpha value is -1.49. The zero-order chi connectivity index (χ0) is 13.5. The number of benzene rings is 1. The lowest BCUT2D eigenvalue weighted by molar-refractivity contribution is -0.133. The van der Waals surface area contributed by atoms with Crippen molar-refractivity contribution in [3.63, 3.8) is 0 Å². The largest absolute Gasteiger partial charge is 0.481 e. The lowest BCUT2D eigenvalue weighted by Gasteiger charge is -2.17. The molecule has 1 spiro atoms. The number of hydrogen-bond donors (Lipinski definition) is 1. The van der Waals surface area contributed by atoms with Crippen LogP contribution in [0.15, 0.2) is 24.3 Å². The van der Waals surface area contributed by atoms with Gasteiger partial charge >= 0.3 is 5.97 Å². The van der Waals surface area contributed by atoms with Crippen LogP contribution < -0.4 is 4.90 Å². The van der Waals surface area contributed by atoms with E-state index in [9.17, 15) is 9.59 Å². The maximum absolute atomic E-state index is 12.2. The van der Waals surface area contributed by atoms with Gasteiger partial charge in [-0.05, 0) is 24.5 Å². The van der Waals surface area contributed by atoms with Gasteiger partial charge in [-0.25, -0.2) is 0 Å². The molecule has 1 aromatic rings. The highest BCUT2D eigenvalue weighted by Gasteiger charge is 2.52. The Morgan fingerprint density at radius 2 is 2.00 bits per heavy atom. The molecule has 1 N–H and O–H groups in total. The Balaban J connectivity index is 1.73. The van der Waals surface area contributed by atoms with Crippen LogP contribution >= 0.6 is 11.8 Å². The van der Waals surface area contributed by atoms with E-state index >= 15 is 0 Å². The highest BCUT2D eigenvalue weighted by Crippen LogP contribution is 2.56. The fourth-order valence-electron chi connectivity index (χ4n) is 2.73. The van der Waals surface area contributed by atoms with E-state index in [0.29, 0.717) is 0 Å². The number of aliphatic carboxylic acids is 1. The normalized spacial score (nSPS) is 18.4. The molecule has 1 aliphatic heterocycles. The molecule has 1 fully saturated rings. The Morgan fingerprint density at radius 3 is 2.68 bits per heavy atom. The van der Waals surface area contributed by atoms with Crippen LogP contribution in [0.4, 0.5) is 5.69 Å². The van der Waals surface area contributed by atoms with Gasteiger partial charge in [0.25, 0.3) is 0 Å². The zero-order valence-corrected chi connectivity index (χ0v) is 11.3. The fourth-order valence-corrected chi connectivity index (χ4v) is 3.34. The molecule has 2 aliphatic rings. The highest BCUT2D eigenvalue weighted by molar-refractivity contribution is 8.00. The van der Waals surface area contributed by atoms with Crippen LogP contribution in [0.2, 0.25) is 0 Å². The Bertz CT molecular complexity index is 539. The highest BCUT2D eigenvalue weighted by atomic mass is 32.2. The first-order valence-corrected chi connectivity index (χ1v) is 7.47. The summed E-state index contributed by atoms with van der Waals surface area (Å²) in [5.41, 5.74) is 2.50. The molecule has 1 aromatic carbocycles. The lowest BCUT2D eigenvalue weighted by Crippen LogP contribution is -2.33. The minimum atomic E-state index is -0.877. The molecule has 1 amide bonds. The number of carbonyl (C=O) groups is 2. The van der Waals surface area contributed by atoms with Crippen molar-refractivity contribution in [2.75, 3.05) is 23.0 Å². The number of fused-ring (bicyclic) bond motifs is 2. The third-order valence-electron chi connectivity index (χ3n) is 3.83. The molecule has 0 atom stereocenters. The standard InChI is InChI=1S/C14H15NO3S/c16-12(7-19-8-13(17)18)15-9-14(5-6-14)10-3-1-2-4-11(10)15/h1-4H,5-9H2,(H,17,18). The van der Waals surface area contributed by atoms with E-state index in [1.165, 1.54) is 5.56 Å². The molecule has 100 valence electrons. The molecule has 0 aromatic heterocycles. The van der Waals surface area contributed by atoms with Crippen molar-refractivity contribution < 1.29 is 14.7 Å². The second-order valence-corrected chi connectivity index (χ2v) is 6.15. The second-order valence-electron chi connectivity index (χ2n) is 5.16. The van der Waals surface area contributed by atoms with Gasteiger partial charge in [0.1, 0.15) is 0 Å². The minimum absolute atomic E-state index is 0.0162. The van der Waals surface area contributed by atoms with Gasteiger partial charge in [0, 0.05) is 17.6 Å². The average molecular weight is 277 g/mol. The van der Waals surface area contributed by atoms with Crippen molar-refractivity contribution in [3.05, 3.63) is 29.8 Å². The monoisotopic (exact) mass is 277 g/mol. The minimum Gasteiger partial charge on any atom is -0.481 e. The molecule has 0 radical (unpaired) electrons. The van der Waals surface area contributed by atoms with Gasteiger partial charge < -0.3 is 10.0 Å². The first-order chi connectivity index (χ1) is 9.12. The van der Waals surface area contributed by atoms with E-state index in [1.807, 2.05) is 23.1 Å². The zero-order valence-electron chi connectivity index (χ0n) is 10.5. The van der Waals surface area contributed by atoms with Crippen LogP contribution in [0, 0.1) is 0 Å². The maximum atomic E-state index is 12.2. The third-order valence-corrected chi connectivity index (χ3v) is 4.73. The molecule has 1 heterocycles. The Labute approximate surface area is 115 Å². The molecule has 0 unspecified atom stereocenters. The summed E-state index contributed by atoms with van der Waals surface area (Å²) in [6.07, 6.45) is 2.30. The smallest absolute Gasteiger partial charge is 0.313 e. The summed E-state index contributed by atoms with van der Waals surface area (Å²) in [6.45, 7) is 0.763. The van der Waals surface area contributed by atoms with Crippen molar-refractivity contribution in [2.45, 2.75) is 18.3 Å². The predicted molar refractivity (Wildman–Crippen MR) is 74.7 cm³/mol. The molecule has 0 bridgehead atoms. The summed E-state index contributed by atoms with van der Waals surface area (Å²) in [4.78, 5) is 24.5. The van der Waals surface area contributed by atoms with Gasteiger partial charge in [-0.1, -0.05) is 18.2 Å². The molecule has 5 heteroatoms. The summed E-state index contributed by atoms with van der Waals surface area (Å²) in [5.74, 6) is -0.649. The first kappa shape index (κ1) is 12.5. The molecule has 19 heavy (non-hydrogen) atoms. The fraction of sp³-hybridized carbons (Fsp3) is 0.429. The number of carboxylic acids is 1. The summed E-state index contributed by atoms with van der Waals surface area (Å²) in [5, 5.41) is 8.60. The molecule has 1 saturated carbocycles. The van der Waals surface area contributed by atoms with Crippen LogP contribution in [0.3, 0.4) is 0 Å². The molecule has 4 nitrogen and oxygen atoms in total. The van der Waals surface area contributed by atoms with Crippen LogP contribution in [0.5, 0.6) is 0 Å². The number of carbonyl (C=O) groups excluding carboxylic acids is 1. The number of thioether (sulfide) groups is 1. The summed E-state index contributed by atoms with van der Waals surface area (Å²) >= 11 is 1.16. The van der Waals surface area contributed by atoms with E-state index in [1.54, 1.807) is 0 Å². The van der Waals surface area contributed by atoms with Crippen molar-refractivity contribution in [3.8, 4) is 0 Å². The van der Waals surface area contributed by atoms with Gasteiger partial charge in [-0.2, -0.15) is 0 Å². The number of nitrogens with zero attached hydrogens (tertiary/aromatic N) is 1. The van der Waals surface area contributed by atoms with E-state index in [0.717, 1.165) is 36.8 Å². The molecule has 1 aliphatic carbocycles. The van der Waals surface area contributed by atoms with E-state index in [2.05, 4.69) is 6.07 Å². The van der Waals surface area contributed by atoms with Gasteiger partial charge in [-0.15, -0.1) is 11.8 Å². The lowest BCUT2D eigenvalue weighted by atomic mass is 9.99. The van der Waals surface area contributed by atoms with Crippen LogP contribution in [-0.2, 0) is 15.0 Å². The maximum Gasteiger partial charge on any atom is 0.313 e. The van der Waals surface area contributed by atoms with Crippen molar-refractivity contribution in [1.82, 2.24) is 0 Å². The van der Waals surface area contributed by atoms with Crippen LogP contribution in [-0.4, -0.2) is 35.0 Å². The van der Waals surface area contributed by atoms with Gasteiger partial charge in [0.15, 0.2) is 0 Å². The molecular formula is C14H15NO3S. The number of hydrogen-bond acceptors (Lipinski definition) is 3. The predicted octanol–water partition coefficient (Wildman–Crippen LogP) is 1.88. The number of rotatable bonds is 4. The molecule has 0 saturated heterocycles. The molecular weight excluding hydrogens is 262 g/mol. The summed E-state index contributed by atoms with van der Waals surface area (Å²) in [6, 6.07) is 8.07. The van der Waals surface area contributed by atoms with Crippen molar-refractivity contribution >= 4 is 29.3 Å². The SMILES string of the molecule is O=C(O)CSCC(=O)N1CC2(CC2)c2ccccc21. The first-order valence-electron chi connectivity index (χ1n) is 6.32. The Morgan fingerprint density at radius 1 is 1.26 bits per heavy atom. The summed E-state index contributed by atoms with van der Waals surface area (Å²) in [7, 11) is 0. The van der Waals surface area contributed by atoms with Crippen molar-refractivity contribution in [2.24, 2.45) is 0 Å². The van der Waals surface area contributed by atoms with E-state index in [4.69, 9.17) is 5.11 Å². The topological polar surface area (TPSA) is 57.6 Å². The number of anilines is 1. The number of carboxylic acid groups (broad SMARTS) is 1. The summed E-state index contributed by atoms with van der Waals surface area (Å²) < 4.78 is 0. The van der Waals surface area contributed by atoms with Gasteiger partial charge in [0.2, 0.25) is 5.91 Å². The second kappa shape index (κ2) is 4.56. The Kier molecular flexibility index (Phi) is 3.01. The van der Waals surface area contributed by atoms with Gasteiger partial charge in [-0.3, -0.25) is 9.59 Å². The van der Waals surface area contributed by atoms with Crippen molar-refractivity contribution in [1.29, 1.82) is 0 Å². The average Bonchev–Trinajstić information content (AvgIpc) is 3.08. The number of para-hydroxylation sites is 1.